The van der Waals surface area contributed by atoms with Gasteiger partial charge in [0.15, 0.2) is 0 Å². The first-order valence-corrected chi connectivity index (χ1v) is 6.52. The number of amides is 1. The predicted octanol–water partition coefficient (Wildman–Crippen LogP) is 1.46. The highest BCUT2D eigenvalue weighted by molar-refractivity contribution is 7.07. The fraction of sp³-hybridized carbons (Fsp3) is 0.333. The van der Waals surface area contributed by atoms with Gasteiger partial charge in [-0.1, -0.05) is 0 Å². The number of rotatable bonds is 5. The highest BCUT2D eigenvalue weighted by Crippen LogP contribution is 2.14. The van der Waals surface area contributed by atoms with Gasteiger partial charge in [0, 0.05) is 19.8 Å². The van der Waals surface area contributed by atoms with Crippen molar-refractivity contribution in [2.45, 2.75) is 6.42 Å². The number of nitrogens with one attached hydrogen (secondary N) is 1. The summed E-state index contributed by atoms with van der Waals surface area (Å²) in [6.07, 6.45) is 2.48. The number of hydrogen-bond acceptors (Lipinski definition) is 4. The smallest absolute Gasteiger partial charge is 0.258 e. The van der Waals surface area contributed by atoms with Crippen LogP contribution in [0.3, 0.4) is 0 Å². The Morgan fingerprint density at radius 3 is 3.11 bits per heavy atom. The van der Waals surface area contributed by atoms with Crippen molar-refractivity contribution in [3.05, 3.63) is 34.2 Å². The summed E-state index contributed by atoms with van der Waals surface area (Å²) in [6, 6.07) is 2.06. The second-order valence-electron chi connectivity index (χ2n) is 3.86. The van der Waals surface area contributed by atoms with Crippen LogP contribution in [0.4, 0.5) is 0 Å². The average molecular weight is 265 g/mol. The van der Waals surface area contributed by atoms with Gasteiger partial charge >= 0.3 is 0 Å². The number of methoxy groups -OCH3 is 1. The molecule has 2 heterocycles. The third kappa shape index (κ3) is 2.89. The Labute approximate surface area is 109 Å². The molecule has 0 bridgehead atoms. The van der Waals surface area contributed by atoms with E-state index in [9.17, 15) is 4.79 Å². The summed E-state index contributed by atoms with van der Waals surface area (Å²) in [4.78, 5) is 11.9. The lowest BCUT2D eigenvalue weighted by molar-refractivity contribution is 0.0951. The summed E-state index contributed by atoms with van der Waals surface area (Å²) in [5, 5.41) is 11.0. The van der Waals surface area contributed by atoms with Gasteiger partial charge in [-0.05, 0) is 28.8 Å². The fourth-order valence-electron chi connectivity index (χ4n) is 1.63. The minimum absolute atomic E-state index is 0.157. The number of carbonyl (C=O) groups excluding carboxylic acids is 1. The molecule has 0 aromatic carbocycles. The first kappa shape index (κ1) is 12.6. The molecule has 1 amide bonds. The molecule has 0 unspecified atom stereocenters. The van der Waals surface area contributed by atoms with Gasteiger partial charge in [0.1, 0.15) is 5.56 Å². The molecule has 0 atom stereocenters. The van der Waals surface area contributed by atoms with E-state index >= 15 is 0 Å². The van der Waals surface area contributed by atoms with Gasteiger partial charge in [-0.2, -0.15) is 11.3 Å². The third-order valence-electron chi connectivity index (χ3n) is 2.51. The maximum Gasteiger partial charge on any atom is 0.258 e. The zero-order valence-corrected chi connectivity index (χ0v) is 11.2. The molecule has 0 spiro atoms. The number of thiophene rings is 1. The number of nitrogens with zero attached hydrogens (tertiary/aromatic N) is 2. The highest BCUT2D eigenvalue weighted by atomic mass is 32.1. The SMILES string of the molecule is COc1nn(C)cc1C(=O)NCCc1ccsc1. The summed E-state index contributed by atoms with van der Waals surface area (Å²) in [6.45, 7) is 0.605. The molecule has 96 valence electrons. The largest absolute Gasteiger partial charge is 0.479 e. The molecule has 0 saturated heterocycles. The molecule has 0 aliphatic heterocycles. The van der Waals surface area contributed by atoms with E-state index < -0.39 is 0 Å². The molecule has 2 aromatic heterocycles. The summed E-state index contributed by atoms with van der Waals surface area (Å²) < 4.78 is 6.61. The quantitative estimate of drug-likeness (QED) is 0.890. The van der Waals surface area contributed by atoms with Gasteiger partial charge in [-0.3, -0.25) is 9.48 Å². The molecule has 0 saturated carbocycles. The Bertz CT molecular complexity index is 519. The molecule has 1 N–H and O–H groups in total. The second-order valence-corrected chi connectivity index (χ2v) is 4.64. The standard InChI is InChI=1S/C12H15N3O2S/c1-15-7-10(12(14-15)17-2)11(16)13-5-3-9-4-6-18-8-9/h4,6-8H,3,5H2,1-2H3,(H,13,16). The van der Waals surface area contributed by atoms with E-state index in [0.29, 0.717) is 18.0 Å². The van der Waals surface area contributed by atoms with E-state index in [-0.39, 0.29) is 5.91 Å². The molecular weight excluding hydrogens is 250 g/mol. The monoisotopic (exact) mass is 265 g/mol. The minimum Gasteiger partial charge on any atom is -0.479 e. The van der Waals surface area contributed by atoms with Gasteiger partial charge in [0.2, 0.25) is 5.88 Å². The van der Waals surface area contributed by atoms with E-state index in [1.807, 2.05) is 5.38 Å². The molecule has 2 rings (SSSR count). The summed E-state index contributed by atoms with van der Waals surface area (Å²) in [7, 11) is 3.26. The van der Waals surface area contributed by atoms with Crippen molar-refractivity contribution in [3.63, 3.8) is 0 Å². The van der Waals surface area contributed by atoms with Crippen LogP contribution in [0, 0.1) is 0 Å². The number of ether oxygens (including phenoxy) is 1. The van der Waals surface area contributed by atoms with Crippen molar-refractivity contribution in [2.24, 2.45) is 7.05 Å². The van der Waals surface area contributed by atoms with Crippen LogP contribution in [0.2, 0.25) is 0 Å². The van der Waals surface area contributed by atoms with Crippen LogP contribution < -0.4 is 10.1 Å². The first-order valence-electron chi connectivity index (χ1n) is 5.57. The molecule has 5 nitrogen and oxygen atoms in total. The van der Waals surface area contributed by atoms with Gasteiger partial charge < -0.3 is 10.1 Å². The Balaban J connectivity index is 1.91. The summed E-state index contributed by atoms with van der Waals surface area (Å²) in [5.41, 5.74) is 1.70. The maximum absolute atomic E-state index is 11.9. The Morgan fingerprint density at radius 2 is 2.44 bits per heavy atom. The van der Waals surface area contributed by atoms with Crippen molar-refractivity contribution in [2.75, 3.05) is 13.7 Å². The van der Waals surface area contributed by atoms with Gasteiger partial charge in [-0.15, -0.1) is 5.10 Å². The van der Waals surface area contributed by atoms with Crippen LogP contribution in [0.5, 0.6) is 5.88 Å². The third-order valence-corrected chi connectivity index (χ3v) is 3.24. The van der Waals surface area contributed by atoms with Gasteiger partial charge in [-0.25, -0.2) is 0 Å². The molecular formula is C12H15N3O2S. The molecule has 0 fully saturated rings. The van der Waals surface area contributed by atoms with Gasteiger partial charge in [0.05, 0.1) is 7.11 Å². The number of carbonyl (C=O) groups is 1. The summed E-state index contributed by atoms with van der Waals surface area (Å²) >= 11 is 1.66. The van der Waals surface area contributed by atoms with E-state index in [1.165, 1.54) is 12.7 Å². The van der Waals surface area contributed by atoms with E-state index in [0.717, 1.165) is 6.42 Å². The van der Waals surface area contributed by atoms with Crippen LogP contribution in [0.1, 0.15) is 15.9 Å². The van der Waals surface area contributed by atoms with Crippen LogP contribution in [0.25, 0.3) is 0 Å². The molecule has 18 heavy (non-hydrogen) atoms. The lowest BCUT2D eigenvalue weighted by atomic mass is 10.2. The van der Waals surface area contributed by atoms with Crippen LogP contribution >= 0.6 is 11.3 Å². The van der Waals surface area contributed by atoms with Crippen molar-refractivity contribution < 1.29 is 9.53 Å². The zero-order valence-electron chi connectivity index (χ0n) is 10.3. The maximum atomic E-state index is 11.9. The van der Waals surface area contributed by atoms with E-state index in [1.54, 1.807) is 29.3 Å². The molecule has 2 aromatic rings. The zero-order chi connectivity index (χ0) is 13.0. The topological polar surface area (TPSA) is 56.2 Å². The normalized spacial score (nSPS) is 10.3. The van der Waals surface area contributed by atoms with Crippen LogP contribution in [0.15, 0.2) is 23.0 Å². The minimum atomic E-state index is -0.157. The summed E-state index contributed by atoms with van der Waals surface area (Å²) in [5.74, 6) is 0.195. The van der Waals surface area contributed by atoms with Crippen molar-refractivity contribution in [1.82, 2.24) is 15.1 Å². The average Bonchev–Trinajstić information content (AvgIpc) is 2.98. The lowest BCUT2D eigenvalue weighted by Crippen LogP contribution is -2.25. The van der Waals surface area contributed by atoms with Crippen LogP contribution in [-0.4, -0.2) is 29.3 Å². The first-order chi connectivity index (χ1) is 8.70. The Hall–Kier alpha value is -1.82. The molecule has 6 heteroatoms. The van der Waals surface area contributed by atoms with Crippen LogP contribution in [-0.2, 0) is 13.5 Å². The molecule has 0 aliphatic rings. The number of aromatic nitrogens is 2. The van der Waals surface area contributed by atoms with Crippen molar-refractivity contribution in [1.29, 1.82) is 0 Å². The molecule has 0 aliphatic carbocycles. The Kier molecular flexibility index (Phi) is 3.99. The van der Waals surface area contributed by atoms with Crippen molar-refractivity contribution in [3.8, 4) is 5.88 Å². The fourth-order valence-corrected chi connectivity index (χ4v) is 2.33. The highest BCUT2D eigenvalue weighted by Gasteiger charge is 2.15. The van der Waals surface area contributed by atoms with Crippen molar-refractivity contribution >= 4 is 17.2 Å². The lowest BCUT2D eigenvalue weighted by Gasteiger charge is -2.03. The molecule has 0 radical (unpaired) electrons. The van der Waals surface area contributed by atoms with Gasteiger partial charge in [0.25, 0.3) is 5.91 Å². The number of aryl methyl sites for hydroxylation is 1. The second kappa shape index (κ2) is 5.68. The Morgan fingerprint density at radius 1 is 1.61 bits per heavy atom. The number of hydrogen-bond donors (Lipinski definition) is 1. The predicted molar refractivity (Wildman–Crippen MR) is 70.1 cm³/mol. The van der Waals surface area contributed by atoms with E-state index in [2.05, 4.69) is 21.9 Å². The van der Waals surface area contributed by atoms with E-state index in [4.69, 9.17) is 4.74 Å².